The smallest absolute Gasteiger partial charge is 0.227 e. The third-order valence-electron chi connectivity index (χ3n) is 7.33. The zero-order valence-electron chi connectivity index (χ0n) is 18.6. The zero-order chi connectivity index (χ0) is 22.8. The van der Waals surface area contributed by atoms with E-state index in [4.69, 9.17) is 4.52 Å². The Bertz CT molecular complexity index is 1130. The Kier molecular flexibility index (Phi) is 6.34. The second kappa shape index (κ2) is 9.54. The molecule has 0 amide bonds. The van der Waals surface area contributed by atoms with Crippen molar-refractivity contribution in [2.45, 2.75) is 63.7 Å². The van der Waals surface area contributed by atoms with E-state index in [0.29, 0.717) is 36.3 Å². The Morgan fingerprint density at radius 3 is 2.64 bits per heavy atom. The lowest BCUT2D eigenvalue weighted by Crippen LogP contribution is -2.16. The van der Waals surface area contributed by atoms with E-state index in [-0.39, 0.29) is 23.5 Å². The molecule has 2 aliphatic carbocycles. The van der Waals surface area contributed by atoms with Gasteiger partial charge >= 0.3 is 0 Å². The first-order chi connectivity index (χ1) is 16.0. The Balaban J connectivity index is 1.15. The summed E-state index contributed by atoms with van der Waals surface area (Å²) in [5, 5.41) is 4.04. The molecule has 2 aliphatic rings. The summed E-state index contributed by atoms with van der Waals surface area (Å²) in [5.41, 5.74) is 2.95. The molecular weight excluding hydrogens is 422 g/mol. The third kappa shape index (κ3) is 5.05. The standard InChI is InChI=1S/C27H28F2N2O2/c28-22-10-8-19(9-11-22)27-30-26(33-31-27)14-17-2-1-3-18(5-4-17)25(32)16-21-7-6-20-15-23(29)12-13-24(20)21/h8-13,15,17-18,21H,1-7,14,16H2. The van der Waals surface area contributed by atoms with Gasteiger partial charge in [0, 0.05) is 24.3 Å². The Hall–Kier alpha value is -2.89. The van der Waals surface area contributed by atoms with Crippen molar-refractivity contribution in [2.75, 3.05) is 0 Å². The molecule has 5 rings (SSSR count). The van der Waals surface area contributed by atoms with Crippen molar-refractivity contribution < 1.29 is 18.1 Å². The fourth-order valence-corrected chi connectivity index (χ4v) is 5.50. The van der Waals surface area contributed by atoms with E-state index in [2.05, 4.69) is 10.1 Å². The van der Waals surface area contributed by atoms with E-state index < -0.39 is 0 Å². The van der Waals surface area contributed by atoms with Gasteiger partial charge in [-0.3, -0.25) is 4.79 Å². The molecule has 3 aromatic rings. The van der Waals surface area contributed by atoms with Gasteiger partial charge in [0.25, 0.3) is 0 Å². The van der Waals surface area contributed by atoms with E-state index in [1.807, 2.05) is 6.07 Å². The molecule has 0 aliphatic heterocycles. The highest BCUT2D eigenvalue weighted by Crippen LogP contribution is 2.38. The molecule has 1 saturated carbocycles. The number of carbonyl (C=O) groups excluding carboxylic acids is 1. The minimum atomic E-state index is -0.295. The Morgan fingerprint density at radius 2 is 1.79 bits per heavy atom. The maximum atomic E-state index is 13.5. The van der Waals surface area contributed by atoms with E-state index in [9.17, 15) is 13.6 Å². The van der Waals surface area contributed by atoms with Crippen LogP contribution in [-0.4, -0.2) is 15.9 Å². The van der Waals surface area contributed by atoms with Gasteiger partial charge in [-0.25, -0.2) is 8.78 Å². The van der Waals surface area contributed by atoms with Crippen LogP contribution in [0, 0.1) is 23.5 Å². The monoisotopic (exact) mass is 450 g/mol. The number of hydrogen-bond donors (Lipinski definition) is 0. The van der Waals surface area contributed by atoms with Crippen molar-refractivity contribution in [1.82, 2.24) is 10.1 Å². The van der Waals surface area contributed by atoms with Crippen LogP contribution in [-0.2, 0) is 17.6 Å². The number of fused-ring (bicyclic) bond motifs is 1. The first kappa shape index (κ1) is 21.9. The summed E-state index contributed by atoms with van der Waals surface area (Å²) in [6.07, 6.45) is 7.94. The number of carbonyl (C=O) groups is 1. The van der Waals surface area contributed by atoms with Crippen molar-refractivity contribution in [1.29, 1.82) is 0 Å². The van der Waals surface area contributed by atoms with Gasteiger partial charge in [-0.05, 0) is 97.9 Å². The number of halogens is 2. The summed E-state index contributed by atoms with van der Waals surface area (Å²) in [6, 6.07) is 11.1. The van der Waals surface area contributed by atoms with E-state index in [1.165, 1.54) is 18.2 Å². The van der Waals surface area contributed by atoms with Crippen molar-refractivity contribution in [3.05, 3.63) is 71.1 Å². The van der Waals surface area contributed by atoms with Gasteiger partial charge in [0.05, 0.1) is 0 Å². The zero-order valence-corrected chi connectivity index (χ0v) is 18.6. The highest BCUT2D eigenvalue weighted by Gasteiger charge is 2.30. The third-order valence-corrected chi connectivity index (χ3v) is 7.33. The van der Waals surface area contributed by atoms with Gasteiger partial charge in [0.1, 0.15) is 17.4 Å². The lowest BCUT2D eigenvalue weighted by Gasteiger charge is -2.17. The van der Waals surface area contributed by atoms with E-state index in [1.54, 1.807) is 18.2 Å². The summed E-state index contributed by atoms with van der Waals surface area (Å²) in [7, 11) is 0. The summed E-state index contributed by atoms with van der Waals surface area (Å²) in [4.78, 5) is 17.6. The van der Waals surface area contributed by atoms with Gasteiger partial charge in [0.15, 0.2) is 0 Å². The maximum Gasteiger partial charge on any atom is 0.227 e. The summed E-state index contributed by atoms with van der Waals surface area (Å²) >= 11 is 0. The molecule has 6 heteroatoms. The minimum absolute atomic E-state index is 0.108. The van der Waals surface area contributed by atoms with Gasteiger partial charge in [-0.15, -0.1) is 0 Å². The lowest BCUT2D eigenvalue weighted by atomic mass is 9.86. The normalized spacial score (nSPS) is 22.7. The quantitative estimate of drug-likeness (QED) is 0.405. The number of aryl methyl sites for hydroxylation is 1. The summed E-state index contributed by atoms with van der Waals surface area (Å²) in [5.74, 6) is 1.70. The molecule has 33 heavy (non-hydrogen) atoms. The molecule has 1 fully saturated rings. The molecule has 2 aromatic carbocycles. The van der Waals surface area contributed by atoms with Crippen LogP contribution in [0.5, 0.6) is 0 Å². The molecule has 172 valence electrons. The first-order valence-corrected chi connectivity index (χ1v) is 11.9. The molecule has 0 spiro atoms. The highest BCUT2D eigenvalue weighted by atomic mass is 19.1. The highest BCUT2D eigenvalue weighted by molar-refractivity contribution is 5.82. The van der Waals surface area contributed by atoms with Crippen LogP contribution in [0.15, 0.2) is 47.0 Å². The molecule has 0 radical (unpaired) electrons. The van der Waals surface area contributed by atoms with Crippen LogP contribution in [0.1, 0.15) is 67.9 Å². The Morgan fingerprint density at radius 1 is 0.970 bits per heavy atom. The lowest BCUT2D eigenvalue weighted by molar-refractivity contribution is -0.123. The number of Topliss-reactive ketones (excluding diaryl/α,β-unsaturated/α-hetero) is 1. The summed E-state index contributed by atoms with van der Waals surface area (Å²) in [6.45, 7) is 0. The average molecular weight is 451 g/mol. The first-order valence-electron chi connectivity index (χ1n) is 11.9. The van der Waals surface area contributed by atoms with Gasteiger partial charge in [-0.1, -0.05) is 17.6 Å². The number of benzene rings is 2. The molecule has 3 unspecified atom stereocenters. The van der Waals surface area contributed by atoms with Crippen LogP contribution < -0.4 is 0 Å². The summed E-state index contributed by atoms with van der Waals surface area (Å²) < 4.78 is 32.1. The van der Waals surface area contributed by atoms with Crippen LogP contribution >= 0.6 is 0 Å². The SMILES string of the molecule is O=C(CC1CCc2cc(F)ccc21)C1CCCC(Cc2nc(-c3ccc(F)cc3)no2)CC1. The molecular formula is C27H28F2N2O2. The maximum absolute atomic E-state index is 13.5. The number of nitrogens with zero attached hydrogens (tertiary/aromatic N) is 2. The molecule has 4 nitrogen and oxygen atoms in total. The number of aromatic nitrogens is 2. The molecule has 1 aromatic heterocycles. The van der Waals surface area contributed by atoms with Crippen molar-refractivity contribution in [3.8, 4) is 11.4 Å². The molecule has 1 heterocycles. The van der Waals surface area contributed by atoms with Crippen LogP contribution in [0.4, 0.5) is 8.78 Å². The van der Waals surface area contributed by atoms with Crippen LogP contribution in [0.25, 0.3) is 11.4 Å². The van der Waals surface area contributed by atoms with Crippen molar-refractivity contribution >= 4 is 5.78 Å². The topological polar surface area (TPSA) is 56.0 Å². The molecule has 0 N–H and O–H groups in total. The fraction of sp³-hybridized carbons (Fsp3) is 0.444. The molecule has 3 atom stereocenters. The minimum Gasteiger partial charge on any atom is -0.339 e. The van der Waals surface area contributed by atoms with Gasteiger partial charge < -0.3 is 4.52 Å². The average Bonchev–Trinajstić information content (AvgIpc) is 3.35. The van der Waals surface area contributed by atoms with Crippen molar-refractivity contribution in [2.24, 2.45) is 11.8 Å². The molecule has 0 saturated heterocycles. The van der Waals surface area contributed by atoms with Gasteiger partial charge in [0.2, 0.25) is 11.7 Å². The fourth-order valence-electron chi connectivity index (χ4n) is 5.50. The number of hydrogen-bond acceptors (Lipinski definition) is 4. The largest absolute Gasteiger partial charge is 0.339 e. The number of rotatable bonds is 6. The van der Waals surface area contributed by atoms with Crippen molar-refractivity contribution in [3.63, 3.8) is 0 Å². The second-order valence-electron chi connectivity index (χ2n) is 9.54. The van der Waals surface area contributed by atoms with Crippen LogP contribution in [0.3, 0.4) is 0 Å². The Labute approximate surface area is 192 Å². The van der Waals surface area contributed by atoms with E-state index >= 15 is 0 Å². The predicted octanol–water partition coefficient (Wildman–Crippen LogP) is 6.44. The number of ketones is 1. The predicted molar refractivity (Wildman–Crippen MR) is 121 cm³/mol. The second-order valence-corrected chi connectivity index (χ2v) is 9.54. The molecule has 0 bridgehead atoms. The van der Waals surface area contributed by atoms with Crippen LogP contribution in [0.2, 0.25) is 0 Å². The van der Waals surface area contributed by atoms with Gasteiger partial charge in [-0.2, -0.15) is 4.98 Å². The van der Waals surface area contributed by atoms with E-state index in [0.717, 1.165) is 61.6 Å².